The fourth-order valence-corrected chi connectivity index (χ4v) is 2.30. The minimum absolute atomic E-state index is 1.07. The van der Waals surface area contributed by atoms with E-state index in [4.69, 9.17) is 0 Å². The molecule has 0 aliphatic heterocycles. The highest BCUT2D eigenvalue weighted by Crippen LogP contribution is 2.16. The molecule has 1 N–H and O–H groups in total. The molecule has 1 nitrogen and oxygen atoms in total. The van der Waals surface area contributed by atoms with Crippen LogP contribution in [0.4, 0.5) is 0 Å². The maximum atomic E-state index is 3.48. The van der Waals surface area contributed by atoms with Crippen molar-refractivity contribution in [3.8, 4) is 0 Å². The smallest absolute Gasteiger partial charge is 0.0456 e. The first kappa shape index (κ1) is 11.1. The van der Waals surface area contributed by atoms with Crippen LogP contribution < -0.4 is 0 Å². The zero-order valence-corrected chi connectivity index (χ0v) is 10.6. The fourth-order valence-electron chi connectivity index (χ4n) is 2.30. The molecule has 0 unspecified atom stereocenters. The second kappa shape index (κ2) is 4.69. The Kier molecular flexibility index (Phi) is 2.89. The number of H-pyrrole nitrogens is 1. The lowest BCUT2D eigenvalue weighted by Crippen LogP contribution is -1.91. The topological polar surface area (TPSA) is 15.8 Å². The van der Waals surface area contributed by atoms with Gasteiger partial charge in [0.1, 0.15) is 0 Å². The van der Waals surface area contributed by atoms with Crippen LogP contribution in [-0.2, 0) is 12.8 Å². The second-order valence-corrected chi connectivity index (χ2v) is 4.87. The van der Waals surface area contributed by atoms with Crippen molar-refractivity contribution in [1.82, 2.24) is 4.98 Å². The summed E-state index contributed by atoms with van der Waals surface area (Å²) in [5.41, 5.74) is 5.27. The molecule has 0 aliphatic carbocycles. The van der Waals surface area contributed by atoms with Crippen molar-refractivity contribution in [2.45, 2.75) is 19.8 Å². The second-order valence-electron chi connectivity index (χ2n) is 4.87. The molecule has 0 radical (unpaired) electrons. The van der Waals surface area contributed by atoms with Gasteiger partial charge in [-0.3, -0.25) is 0 Å². The molecular weight excluding hydrogens is 218 g/mol. The SMILES string of the molecule is Cc1ccc(CCc2cc3ccccc3[nH]2)cc1. The van der Waals surface area contributed by atoms with Crippen LogP contribution in [0.15, 0.2) is 54.6 Å². The summed E-state index contributed by atoms with van der Waals surface area (Å²) in [5.74, 6) is 0. The summed E-state index contributed by atoms with van der Waals surface area (Å²) in [5, 5.41) is 1.30. The molecule has 3 aromatic rings. The standard InChI is InChI=1S/C17H17N/c1-13-6-8-14(9-7-13)10-11-16-12-15-4-2-3-5-17(15)18-16/h2-9,12,18H,10-11H2,1H3. The van der Waals surface area contributed by atoms with Gasteiger partial charge >= 0.3 is 0 Å². The van der Waals surface area contributed by atoms with Crippen molar-refractivity contribution in [2.24, 2.45) is 0 Å². The zero-order valence-electron chi connectivity index (χ0n) is 10.6. The van der Waals surface area contributed by atoms with Gasteiger partial charge in [0.2, 0.25) is 0 Å². The molecule has 1 aromatic heterocycles. The monoisotopic (exact) mass is 235 g/mol. The Morgan fingerprint density at radius 1 is 0.889 bits per heavy atom. The van der Waals surface area contributed by atoms with E-state index in [0.29, 0.717) is 0 Å². The third-order valence-corrected chi connectivity index (χ3v) is 3.39. The molecular formula is C17H17N. The molecule has 0 spiro atoms. The highest BCUT2D eigenvalue weighted by atomic mass is 14.7. The van der Waals surface area contributed by atoms with E-state index in [-0.39, 0.29) is 0 Å². The fraction of sp³-hybridized carbons (Fsp3) is 0.176. The van der Waals surface area contributed by atoms with Gasteiger partial charge in [0.05, 0.1) is 0 Å². The van der Waals surface area contributed by atoms with E-state index >= 15 is 0 Å². The number of aryl methyl sites for hydroxylation is 3. The third kappa shape index (κ3) is 2.30. The van der Waals surface area contributed by atoms with Gasteiger partial charge in [0.25, 0.3) is 0 Å². The summed E-state index contributed by atoms with van der Waals surface area (Å²) in [6, 6.07) is 19.5. The van der Waals surface area contributed by atoms with Gasteiger partial charge in [-0.1, -0.05) is 48.0 Å². The molecule has 3 rings (SSSR count). The van der Waals surface area contributed by atoms with Gasteiger partial charge in [-0.15, -0.1) is 0 Å². The van der Waals surface area contributed by atoms with Crippen LogP contribution in [0.1, 0.15) is 16.8 Å². The van der Waals surface area contributed by atoms with Crippen molar-refractivity contribution < 1.29 is 0 Å². The van der Waals surface area contributed by atoms with Crippen molar-refractivity contribution in [3.05, 3.63) is 71.4 Å². The highest BCUT2D eigenvalue weighted by molar-refractivity contribution is 5.80. The highest BCUT2D eigenvalue weighted by Gasteiger charge is 2.00. The Morgan fingerprint density at radius 2 is 1.67 bits per heavy atom. The summed E-state index contributed by atoms with van der Waals surface area (Å²) < 4.78 is 0. The number of hydrogen-bond acceptors (Lipinski definition) is 0. The van der Waals surface area contributed by atoms with Crippen LogP contribution in [-0.4, -0.2) is 4.98 Å². The lowest BCUT2D eigenvalue weighted by molar-refractivity contribution is 0.929. The van der Waals surface area contributed by atoms with E-state index in [1.54, 1.807) is 0 Å². The van der Waals surface area contributed by atoms with Gasteiger partial charge in [0, 0.05) is 11.2 Å². The van der Waals surface area contributed by atoms with E-state index in [1.807, 2.05) is 0 Å². The van der Waals surface area contributed by atoms with Crippen LogP contribution in [0, 0.1) is 6.92 Å². The zero-order chi connectivity index (χ0) is 12.4. The average Bonchev–Trinajstić information content (AvgIpc) is 2.81. The molecule has 0 bridgehead atoms. The van der Waals surface area contributed by atoms with Crippen LogP contribution in [0.3, 0.4) is 0 Å². The third-order valence-electron chi connectivity index (χ3n) is 3.39. The van der Waals surface area contributed by atoms with Crippen molar-refractivity contribution >= 4 is 10.9 Å². The molecule has 2 aromatic carbocycles. The van der Waals surface area contributed by atoms with E-state index in [1.165, 1.54) is 27.7 Å². The van der Waals surface area contributed by atoms with Gasteiger partial charge in [-0.05, 0) is 42.8 Å². The Hall–Kier alpha value is -2.02. The van der Waals surface area contributed by atoms with Crippen LogP contribution in [0.25, 0.3) is 10.9 Å². The lowest BCUT2D eigenvalue weighted by Gasteiger charge is -2.00. The Balaban J connectivity index is 1.74. The number of hydrogen-bond donors (Lipinski definition) is 1. The van der Waals surface area contributed by atoms with Crippen LogP contribution in [0.2, 0.25) is 0 Å². The van der Waals surface area contributed by atoms with Gasteiger partial charge in [0.15, 0.2) is 0 Å². The minimum atomic E-state index is 1.07. The predicted octanol–water partition coefficient (Wildman–Crippen LogP) is 4.26. The first-order valence-electron chi connectivity index (χ1n) is 6.43. The van der Waals surface area contributed by atoms with Crippen LogP contribution in [0.5, 0.6) is 0 Å². The Morgan fingerprint density at radius 3 is 2.44 bits per heavy atom. The first-order valence-corrected chi connectivity index (χ1v) is 6.43. The van der Waals surface area contributed by atoms with Crippen molar-refractivity contribution in [1.29, 1.82) is 0 Å². The molecule has 0 amide bonds. The largest absolute Gasteiger partial charge is 0.358 e. The van der Waals surface area contributed by atoms with Crippen molar-refractivity contribution in [3.63, 3.8) is 0 Å². The van der Waals surface area contributed by atoms with Gasteiger partial charge in [-0.25, -0.2) is 0 Å². The molecule has 1 heterocycles. The molecule has 0 saturated carbocycles. The number of aromatic amines is 1. The number of benzene rings is 2. The van der Waals surface area contributed by atoms with E-state index < -0.39 is 0 Å². The number of fused-ring (bicyclic) bond motifs is 1. The summed E-state index contributed by atoms with van der Waals surface area (Å²) in [6.07, 6.45) is 2.16. The Bertz CT molecular complexity index is 614. The van der Waals surface area contributed by atoms with E-state index in [9.17, 15) is 0 Å². The van der Waals surface area contributed by atoms with E-state index in [0.717, 1.165) is 12.8 Å². The van der Waals surface area contributed by atoms with Gasteiger partial charge < -0.3 is 4.98 Å². The van der Waals surface area contributed by atoms with Crippen molar-refractivity contribution in [2.75, 3.05) is 0 Å². The molecule has 90 valence electrons. The molecule has 0 saturated heterocycles. The molecule has 0 aliphatic rings. The van der Waals surface area contributed by atoms with Crippen LogP contribution >= 0.6 is 0 Å². The number of rotatable bonds is 3. The molecule has 1 heteroatoms. The predicted molar refractivity (Wildman–Crippen MR) is 76.9 cm³/mol. The summed E-state index contributed by atoms with van der Waals surface area (Å²) in [7, 11) is 0. The molecule has 0 fully saturated rings. The number of para-hydroxylation sites is 1. The van der Waals surface area contributed by atoms with Gasteiger partial charge in [-0.2, -0.15) is 0 Å². The normalized spacial score (nSPS) is 10.9. The molecule has 18 heavy (non-hydrogen) atoms. The number of aromatic nitrogens is 1. The lowest BCUT2D eigenvalue weighted by atomic mass is 10.1. The number of nitrogens with one attached hydrogen (secondary N) is 1. The first-order chi connectivity index (χ1) is 8.81. The Labute approximate surface area is 107 Å². The maximum Gasteiger partial charge on any atom is 0.0456 e. The average molecular weight is 235 g/mol. The summed E-state index contributed by atoms with van der Waals surface area (Å²) in [6.45, 7) is 2.13. The van der Waals surface area contributed by atoms with E-state index in [2.05, 4.69) is 66.5 Å². The summed E-state index contributed by atoms with van der Waals surface area (Å²) in [4.78, 5) is 3.48. The summed E-state index contributed by atoms with van der Waals surface area (Å²) >= 11 is 0. The minimum Gasteiger partial charge on any atom is -0.358 e. The quantitative estimate of drug-likeness (QED) is 0.698. The maximum absolute atomic E-state index is 3.48. The molecule has 0 atom stereocenters.